The Morgan fingerprint density at radius 1 is 0.727 bits per heavy atom. The molecule has 22 heavy (non-hydrogen) atoms. The van der Waals surface area contributed by atoms with Gasteiger partial charge in [-0.3, -0.25) is 0 Å². The van der Waals surface area contributed by atoms with Crippen molar-refractivity contribution in [1.82, 2.24) is 9.97 Å². The van der Waals surface area contributed by atoms with E-state index in [0.717, 1.165) is 16.8 Å². The van der Waals surface area contributed by atoms with Crippen molar-refractivity contribution in [3.05, 3.63) is 73.3 Å². The van der Waals surface area contributed by atoms with Gasteiger partial charge in [0.15, 0.2) is 12.2 Å². The monoisotopic (exact) mass is 288 g/mol. The number of benzene rings is 2. The van der Waals surface area contributed by atoms with E-state index in [0.29, 0.717) is 17.3 Å². The predicted molar refractivity (Wildman–Crippen MR) is 82.9 cm³/mol. The fraction of sp³-hybridized carbons (Fsp3) is 0. The van der Waals surface area contributed by atoms with Crippen molar-refractivity contribution >= 4 is 0 Å². The Hall–Kier alpha value is -3.14. The molecule has 0 atom stereocenters. The maximum absolute atomic E-state index is 5.57. The molecule has 0 amide bonds. The summed E-state index contributed by atoms with van der Waals surface area (Å²) in [5.41, 5.74) is 3.30. The first kappa shape index (κ1) is 12.6. The van der Waals surface area contributed by atoms with Gasteiger partial charge in [-0.2, -0.15) is 0 Å². The molecule has 4 aromatic rings. The fourth-order valence-corrected chi connectivity index (χ4v) is 2.32. The molecule has 4 rings (SSSR count). The zero-order chi connectivity index (χ0) is 14.8. The van der Waals surface area contributed by atoms with Crippen LogP contribution >= 0.6 is 0 Å². The number of hydrogen-bond donors (Lipinski definition) is 0. The molecule has 4 heteroatoms. The van der Waals surface area contributed by atoms with E-state index in [1.165, 1.54) is 6.39 Å². The topological polar surface area (TPSA) is 52.1 Å². The quantitative estimate of drug-likeness (QED) is 0.550. The van der Waals surface area contributed by atoms with Gasteiger partial charge in [0.25, 0.3) is 0 Å². The summed E-state index contributed by atoms with van der Waals surface area (Å²) < 4.78 is 11.1. The molecular formula is C18H12N2O2. The highest BCUT2D eigenvalue weighted by atomic mass is 16.4. The highest BCUT2D eigenvalue weighted by molar-refractivity contribution is 5.75. The summed E-state index contributed by atoms with van der Waals surface area (Å²) in [6, 6.07) is 19.6. The van der Waals surface area contributed by atoms with Crippen molar-refractivity contribution in [3.8, 4) is 34.2 Å². The smallest absolute Gasteiger partial charge is 0.226 e. The van der Waals surface area contributed by atoms with Crippen molar-refractivity contribution in [2.24, 2.45) is 0 Å². The molecule has 0 bridgehead atoms. The Labute approximate surface area is 127 Å². The normalized spacial score (nSPS) is 10.7. The molecule has 4 nitrogen and oxygen atoms in total. The van der Waals surface area contributed by atoms with Crippen LogP contribution in [0.5, 0.6) is 0 Å². The first-order chi connectivity index (χ1) is 10.9. The summed E-state index contributed by atoms with van der Waals surface area (Å²) in [6.07, 6.45) is 3.02. The van der Waals surface area contributed by atoms with Crippen molar-refractivity contribution in [3.63, 3.8) is 0 Å². The molecule has 0 aliphatic rings. The van der Waals surface area contributed by atoms with Gasteiger partial charge >= 0.3 is 0 Å². The molecule has 0 aliphatic heterocycles. The number of rotatable bonds is 3. The van der Waals surface area contributed by atoms with Crippen molar-refractivity contribution < 1.29 is 8.83 Å². The minimum atomic E-state index is 0.561. The first-order valence-electron chi connectivity index (χ1n) is 6.92. The maximum Gasteiger partial charge on any atom is 0.226 e. The van der Waals surface area contributed by atoms with Crippen LogP contribution in [0.25, 0.3) is 34.2 Å². The van der Waals surface area contributed by atoms with Crippen molar-refractivity contribution in [2.45, 2.75) is 0 Å². The van der Waals surface area contributed by atoms with Gasteiger partial charge in [0.2, 0.25) is 5.89 Å². The SMILES string of the molecule is c1ccc(-c2nc(-c3ocnc3-c3ccccc3)co2)cc1. The summed E-state index contributed by atoms with van der Waals surface area (Å²) in [5.74, 6) is 1.17. The molecule has 106 valence electrons. The van der Waals surface area contributed by atoms with E-state index in [4.69, 9.17) is 8.83 Å². The second-order valence-electron chi connectivity index (χ2n) is 4.80. The van der Waals surface area contributed by atoms with E-state index in [-0.39, 0.29) is 0 Å². The second-order valence-corrected chi connectivity index (χ2v) is 4.80. The highest BCUT2D eigenvalue weighted by Crippen LogP contribution is 2.32. The molecule has 0 saturated heterocycles. The van der Waals surface area contributed by atoms with Gasteiger partial charge in [0.1, 0.15) is 17.7 Å². The number of hydrogen-bond acceptors (Lipinski definition) is 4. The number of oxazole rings is 2. The number of nitrogens with zero attached hydrogens (tertiary/aromatic N) is 2. The average molecular weight is 288 g/mol. The van der Waals surface area contributed by atoms with Crippen LogP contribution in [-0.2, 0) is 0 Å². The molecule has 0 aliphatic carbocycles. The third-order valence-corrected chi connectivity index (χ3v) is 3.37. The van der Waals surface area contributed by atoms with Crippen molar-refractivity contribution in [2.75, 3.05) is 0 Å². The van der Waals surface area contributed by atoms with Crippen LogP contribution in [0.3, 0.4) is 0 Å². The van der Waals surface area contributed by atoms with Crippen LogP contribution < -0.4 is 0 Å². The second kappa shape index (κ2) is 5.33. The molecule has 0 N–H and O–H groups in total. The van der Waals surface area contributed by atoms with E-state index in [1.807, 2.05) is 60.7 Å². The number of aromatic nitrogens is 2. The van der Waals surface area contributed by atoms with Crippen LogP contribution in [0, 0.1) is 0 Å². The highest BCUT2D eigenvalue weighted by Gasteiger charge is 2.17. The summed E-state index contributed by atoms with van der Waals surface area (Å²) in [6.45, 7) is 0. The molecule has 0 unspecified atom stereocenters. The first-order valence-corrected chi connectivity index (χ1v) is 6.92. The Morgan fingerprint density at radius 2 is 1.41 bits per heavy atom. The minimum Gasteiger partial charge on any atom is -0.444 e. The van der Waals surface area contributed by atoms with Gasteiger partial charge in [-0.15, -0.1) is 0 Å². The Kier molecular flexibility index (Phi) is 3.05. The van der Waals surface area contributed by atoms with Gasteiger partial charge in [-0.25, -0.2) is 9.97 Å². The zero-order valence-electron chi connectivity index (χ0n) is 11.6. The maximum atomic E-state index is 5.57. The molecule has 2 heterocycles. The van der Waals surface area contributed by atoms with Crippen LogP contribution in [0.4, 0.5) is 0 Å². The summed E-state index contributed by atoms with van der Waals surface area (Å²) >= 11 is 0. The summed E-state index contributed by atoms with van der Waals surface area (Å²) in [7, 11) is 0. The molecule has 0 radical (unpaired) electrons. The zero-order valence-corrected chi connectivity index (χ0v) is 11.6. The predicted octanol–water partition coefficient (Wildman–Crippen LogP) is 4.66. The Morgan fingerprint density at radius 3 is 2.14 bits per heavy atom. The van der Waals surface area contributed by atoms with Gasteiger partial charge in [0, 0.05) is 11.1 Å². The standard InChI is InChI=1S/C18H12N2O2/c1-3-7-13(8-4-1)16-17(22-12-19-16)15-11-21-18(20-15)14-9-5-2-6-10-14/h1-12H. The molecule has 0 saturated carbocycles. The van der Waals surface area contributed by atoms with E-state index >= 15 is 0 Å². The Balaban J connectivity index is 1.76. The minimum absolute atomic E-state index is 0.561. The third-order valence-electron chi connectivity index (χ3n) is 3.37. The van der Waals surface area contributed by atoms with Crippen LogP contribution in [0.15, 0.2) is 82.2 Å². The fourth-order valence-electron chi connectivity index (χ4n) is 2.32. The van der Waals surface area contributed by atoms with Crippen LogP contribution in [-0.4, -0.2) is 9.97 Å². The van der Waals surface area contributed by atoms with Gasteiger partial charge in [-0.1, -0.05) is 48.5 Å². The van der Waals surface area contributed by atoms with Gasteiger partial charge < -0.3 is 8.83 Å². The lowest BCUT2D eigenvalue weighted by Gasteiger charge is -1.97. The molecule has 2 aromatic heterocycles. The Bertz CT molecular complexity index is 880. The van der Waals surface area contributed by atoms with E-state index < -0.39 is 0 Å². The molecule has 0 fully saturated rings. The van der Waals surface area contributed by atoms with Crippen LogP contribution in [0.1, 0.15) is 0 Å². The largest absolute Gasteiger partial charge is 0.444 e. The van der Waals surface area contributed by atoms with E-state index in [1.54, 1.807) is 6.26 Å². The third kappa shape index (κ3) is 2.20. The van der Waals surface area contributed by atoms with E-state index in [2.05, 4.69) is 9.97 Å². The van der Waals surface area contributed by atoms with Crippen LogP contribution in [0.2, 0.25) is 0 Å². The van der Waals surface area contributed by atoms with E-state index in [9.17, 15) is 0 Å². The molecular weight excluding hydrogens is 276 g/mol. The lowest BCUT2D eigenvalue weighted by atomic mass is 10.1. The lowest BCUT2D eigenvalue weighted by Crippen LogP contribution is -1.83. The van der Waals surface area contributed by atoms with Crippen molar-refractivity contribution in [1.29, 1.82) is 0 Å². The molecule has 0 spiro atoms. The lowest BCUT2D eigenvalue weighted by molar-refractivity contribution is 0.563. The summed E-state index contributed by atoms with van der Waals surface area (Å²) in [4.78, 5) is 8.81. The molecule has 2 aromatic carbocycles. The average Bonchev–Trinajstić information content (AvgIpc) is 3.25. The van der Waals surface area contributed by atoms with Gasteiger partial charge in [0.05, 0.1) is 0 Å². The summed E-state index contributed by atoms with van der Waals surface area (Å²) in [5, 5.41) is 0. The van der Waals surface area contributed by atoms with Gasteiger partial charge in [-0.05, 0) is 12.1 Å².